The summed E-state index contributed by atoms with van der Waals surface area (Å²) >= 11 is 5.94. The van der Waals surface area contributed by atoms with E-state index in [0.717, 1.165) is 36.8 Å². The molecule has 1 heterocycles. The molecule has 102 valence electrons. The van der Waals surface area contributed by atoms with Crippen molar-refractivity contribution in [1.82, 2.24) is 4.98 Å². The van der Waals surface area contributed by atoms with Gasteiger partial charge < -0.3 is 9.64 Å². The highest BCUT2D eigenvalue weighted by Gasteiger charge is 2.09. The zero-order valence-electron chi connectivity index (χ0n) is 11.7. The Hall–Kier alpha value is -0.800. The number of alkyl halides is 1. The van der Waals surface area contributed by atoms with Gasteiger partial charge in [-0.05, 0) is 30.5 Å². The normalized spacial score (nSPS) is 11.0. The van der Waals surface area contributed by atoms with Crippen LogP contribution in [0.1, 0.15) is 37.9 Å². The molecule has 0 aliphatic carbocycles. The molecule has 0 aliphatic rings. The van der Waals surface area contributed by atoms with Gasteiger partial charge in [-0.2, -0.15) is 0 Å². The highest BCUT2D eigenvalue weighted by Crippen LogP contribution is 2.20. The van der Waals surface area contributed by atoms with Crippen LogP contribution in [0.15, 0.2) is 12.1 Å². The molecule has 0 fully saturated rings. The van der Waals surface area contributed by atoms with Gasteiger partial charge in [0.25, 0.3) is 0 Å². The Morgan fingerprint density at radius 2 is 2.11 bits per heavy atom. The molecule has 1 rings (SSSR count). The Morgan fingerprint density at radius 3 is 2.67 bits per heavy atom. The molecule has 0 amide bonds. The van der Waals surface area contributed by atoms with Crippen LogP contribution < -0.4 is 4.90 Å². The van der Waals surface area contributed by atoms with Crippen LogP contribution >= 0.6 is 11.6 Å². The lowest BCUT2D eigenvalue weighted by Gasteiger charge is -2.20. The van der Waals surface area contributed by atoms with E-state index in [2.05, 4.69) is 29.8 Å². The minimum Gasteiger partial charge on any atom is -0.380 e. The molecule has 0 aromatic carbocycles. The number of hydrogen-bond donors (Lipinski definition) is 0. The SMILES string of the molecule is CCOCCN(C)c1cc(CCl)cc(C(C)C)n1. The number of pyridine rings is 1. The molecule has 0 radical (unpaired) electrons. The van der Waals surface area contributed by atoms with Crippen LogP contribution in [-0.4, -0.2) is 31.8 Å². The first-order valence-electron chi connectivity index (χ1n) is 6.44. The summed E-state index contributed by atoms with van der Waals surface area (Å²) in [6.07, 6.45) is 0. The second-order valence-corrected chi connectivity index (χ2v) is 4.93. The molecule has 0 atom stereocenters. The Balaban J connectivity index is 2.82. The maximum atomic E-state index is 5.94. The molecule has 0 aliphatic heterocycles. The van der Waals surface area contributed by atoms with Crippen molar-refractivity contribution < 1.29 is 4.74 Å². The van der Waals surface area contributed by atoms with Gasteiger partial charge in [-0.3, -0.25) is 0 Å². The van der Waals surface area contributed by atoms with Crippen LogP contribution in [0.2, 0.25) is 0 Å². The van der Waals surface area contributed by atoms with Crippen molar-refractivity contribution in [3.05, 3.63) is 23.4 Å². The van der Waals surface area contributed by atoms with Gasteiger partial charge in [0, 0.05) is 31.8 Å². The van der Waals surface area contributed by atoms with Crippen LogP contribution in [-0.2, 0) is 10.6 Å². The molecule has 1 aromatic rings. The van der Waals surface area contributed by atoms with E-state index in [1.807, 2.05) is 20.0 Å². The van der Waals surface area contributed by atoms with Gasteiger partial charge in [0.15, 0.2) is 0 Å². The van der Waals surface area contributed by atoms with E-state index in [9.17, 15) is 0 Å². The van der Waals surface area contributed by atoms with Gasteiger partial charge in [0.1, 0.15) is 5.82 Å². The van der Waals surface area contributed by atoms with E-state index in [1.54, 1.807) is 0 Å². The van der Waals surface area contributed by atoms with E-state index in [4.69, 9.17) is 16.3 Å². The van der Waals surface area contributed by atoms with E-state index >= 15 is 0 Å². The lowest BCUT2D eigenvalue weighted by molar-refractivity contribution is 0.154. The first-order chi connectivity index (χ1) is 8.58. The van der Waals surface area contributed by atoms with E-state index in [0.29, 0.717) is 11.8 Å². The van der Waals surface area contributed by atoms with Gasteiger partial charge in [0.2, 0.25) is 0 Å². The lowest BCUT2D eigenvalue weighted by atomic mass is 10.1. The predicted molar refractivity (Wildman–Crippen MR) is 77.6 cm³/mol. The zero-order valence-corrected chi connectivity index (χ0v) is 12.5. The average Bonchev–Trinajstić information content (AvgIpc) is 2.38. The fourth-order valence-electron chi connectivity index (χ4n) is 1.62. The summed E-state index contributed by atoms with van der Waals surface area (Å²) in [5, 5.41) is 0. The second-order valence-electron chi connectivity index (χ2n) is 4.67. The average molecular weight is 271 g/mol. The third-order valence-corrected chi connectivity index (χ3v) is 3.11. The third-order valence-electron chi connectivity index (χ3n) is 2.80. The number of anilines is 1. The molecule has 3 nitrogen and oxygen atoms in total. The number of rotatable bonds is 7. The number of likely N-dealkylation sites (N-methyl/N-ethyl adjacent to an activating group) is 1. The minimum atomic E-state index is 0.409. The molecule has 0 bridgehead atoms. The lowest BCUT2D eigenvalue weighted by Crippen LogP contribution is -2.24. The summed E-state index contributed by atoms with van der Waals surface area (Å²) in [4.78, 5) is 6.78. The standard InChI is InChI=1S/C14H23ClN2O/c1-5-18-7-6-17(4)14-9-12(10-15)8-13(16-14)11(2)3/h8-9,11H,5-7,10H2,1-4H3. The second kappa shape index (κ2) is 7.59. The number of ether oxygens (including phenoxy) is 1. The van der Waals surface area contributed by atoms with Crippen LogP contribution in [0.3, 0.4) is 0 Å². The van der Waals surface area contributed by atoms with Gasteiger partial charge >= 0.3 is 0 Å². The van der Waals surface area contributed by atoms with Gasteiger partial charge in [0.05, 0.1) is 6.61 Å². The molecule has 4 heteroatoms. The minimum absolute atomic E-state index is 0.409. The van der Waals surface area contributed by atoms with Gasteiger partial charge in [-0.25, -0.2) is 4.98 Å². The van der Waals surface area contributed by atoms with Crippen molar-refractivity contribution in [3.63, 3.8) is 0 Å². The highest BCUT2D eigenvalue weighted by atomic mass is 35.5. The summed E-state index contributed by atoms with van der Waals surface area (Å²) in [6, 6.07) is 4.13. The predicted octanol–water partition coefficient (Wildman–Crippen LogP) is 3.42. The quantitative estimate of drug-likeness (QED) is 0.561. The molecule has 0 N–H and O–H groups in total. The molecular weight excluding hydrogens is 248 g/mol. The summed E-state index contributed by atoms with van der Waals surface area (Å²) in [5.41, 5.74) is 2.21. The molecular formula is C14H23ClN2O. The Kier molecular flexibility index (Phi) is 6.44. The number of halogens is 1. The summed E-state index contributed by atoms with van der Waals surface area (Å²) < 4.78 is 5.36. The number of hydrogen-bond acceptors (Lipinski definition) is 3. The maximum Gasteiger partial charge on any atom is 0.128 e. The topological polar surface area (TPSA) is 25.4 Å². The molecule has 0 saturated carbocycles. The molecule has 0 spiro atoms. The maximum absolute atomic E-state index is 5.94. The largest absolute Gasteiger partial charge is 0.380 e. The van der Waals surface area contributed by atoms with E-state index in [-0.39, 0.29) is 0 Å². The first kappa shape index (κ1) is 15.3. The van der Waals surface area contributed by atoms with Crippen molar-refractivity contribution in [3.8, 4) is 0 Å². The first-order valence-corrected chi connectivity index (χ1v) is 6.97. The monoisotopic (exact) mass is 270 g/mol. The molecule has 0 saturated heterocycles. The van der Waals surface area contributed by atoms with Crippen LogP contribution in [0.4, 0.5) is 5.82 Å². The summed E-state index contributed by atoms with van der Waals surface area (Å²) in [5.74, 6) is 1.90. The molecule has 0 unspecified atom stereocenters. The Morgan fingerprint density at radius 1 is 1.39 bits per heavy atom. The van der Waals surface area contributed by atoms with Crippen molar-refractivity contribution in [2.45, 2.75) is 32.6 Å². The fourth-order valence-corrected chi connectivity index (χ4v) is 1.78. The highest BCUT2D eigenvalue weighted by molar-refractivity contribution is 6.17. The summed E-state index contributed by atoms with van der Waals surface area (Å²) in [6.45, 7) is 8.60. The molecule has 18 heavy (non-hydrogen) atoms. The zero-order chi connectivity index (χ0) is 13.5. The van der Waals surface area contributed by atoms with Crippen molar-refractivity contribution in [1.29, 1.82) is 0 Å². The van der Waals surface area contributed by atoms with Crippen LogP contribution in [0.5, 0.6) is 0 Å². The Labute approximate surface area is 115 Å². The van der Waals surface area contributed by atoms with Crippen molar-refractivity contribution in [2.24, 2.45) is 0 Å². The fraction of sp³-hybridized carbons (Fsp3) is 0.643. The summed E-state index contributed by atoms with van der Waals surface area (Å²) in [7, 11) is 2.03. The van der Waals surface area contributed by atoms with E-state index in [1.165, 1.54) is 0 Å². The Bertz CT molecular complexity index is 369. The van der Waals surface area contributed by atoms with E-state index < -0.39 is 0 Å². The smallest absolute Gasteiger partial charge is 0.128 e. The van der Waals surface area contributed by atoms with Gasteiger partial charge in [-0.1, -0.05) is 13.8 Å². The molecule has 1 aromatic heterocycles. The van der Waals surface area contributed by atoms with Crippen LogP contribution in [0, 0.1) is 0 Å². The number of aromatic nitrogens is 1. The van der Waals surface area contributed by atoms with Crippen LogP contribution in [0.25, 0.3) is 0 Å². The third kappa shape index (κ3) is 4.46. The van der Waals surface area contributed by atoms with Crippen molar-refractivity contribution in [2.75, 3.05) is 31.7 Å². The number of nitrogens with zero attached hydrogens (tertiary/aromatic N) is 2. The van der Waals surface area contributed by atoms with Gasteiger partial charge in [-0.15, -0.1) is 11.6 Å². The van der Waals surface area contributed by atoms with Crippen molar-refractivity contribution >= 4 is 17.4 Å².